The Labute approximate surface area is 136 Å². The fourth-order valence-corrected chi connectivity index (χ4v) is 3.17. The van der Waals surface area contributed by atoms with Crippen LogP contribution >= 0.6 is 0 Å². The number of fused-ring (bicyclic) bond motifs is 1. The molecule has 1 aliphatic heterocycles. The van der Waals surface area contributed by atoms with Crippen molar-refractivity contribution in [3.8, 4) is 5.75 Å². The van der Waals surface area contributed by atoms with Crippen LogP contribution in [-0.2, 0) is 6.42 Å². The van der Waals surface area contributed by atoms with Gasteiger partial charge in [-0.25, -0.2) is 0 Å². The first-order valence-electron chi connectivity index (χ1n) is 7.95. The summed E-state index contributed by atoms with van der Waals surface area (Å²) in [6.07, 6.45) is 0.916. The molecular weight excluding hydrogens is 280 g/mol. The molecule has 3 aromatic carbocycles. The molecule has 0 fully saturated rings. The van der Waals surface area contributed by atoms with Crippen LogP contribution in [0, 0.1) is 0 Å². The van der Waals surface area contributed by atoms with Gasteiger partial charge in [-0.05, 0) is 34.8 Å². The van der Waals surface area contributed by atoms with E-state index in [9.17, 15) is 0 Å². The average Bonchev–Trinajstić information content (AvgIpc) is 2.63. The van der Waals surface area contributed by atoms with Crippen molar-refractivity contribution in [2.24, 2.45) is 0 Å². The first kappa shape index (κ1) is 13.8. The van der Waals surface area contributed by atoms with Crippen molar-refractivity contribution >= 4 is 5.57 Å². The van der Waals surface area contributed by atoms with Crippen LogP contribution in [0.3, 0.4) is 0 Å². The summed E-state index contributed by atoms with van der Waals surface area (Å²) in [7, 11) is 0. The number of para-hydroxylation sites is 1. The minimum Gasteiger partial charge on any atom is -0.489 e. The zero-order valence-corrected chi connectivity index (χ0v) is 12.9. The van der Waals surface area contributed by atoms with E-state index in [1.54, 1.807) is 0 Å². The molecule has 112 valence electrons. The van der Waals surface area contributed by atoms with Crippen molar-refractivity contribution in [3.05, 3.63) is 107 Å². The molecule has 0 saturated carbocycles. The molecule has 0 amide bonds. The molecule has 0 saturated heterocycles. The van der Waals surface area contributed by atoms with Crippen molar-refractivity contribution in [2.75, 3.05) is 6.61 Å². The van der Waals surface area contributed by atoms with Gasteiger partial charge in [-0.3, -0.25) is 0 Å². The molecular formula is C22H18O. The van der Waals surface area contributed by atoms with Crippen molar-refractivity contribution in [1.82, 2.24) is 0 Å². The number of hydrogen-bond donors (Lipinski definition) is 0. The van der Waals surface area contributed by atoms with Crippen LogP contribution in [0.2, 0.25) is 0 Å². The lowest BCUT2D eigenvalue weighted by Gasteiger charge is -2.24. The van der Waals surface area contributed by atoms with E-state index in [0.29, 0.717) is 6.61 Å². The maximum Gasteiger partial charge on any atom is 0.127 e. The van der Waals surface area contributed by atoms with Crippen LogP contribution in [0.1, 0.15) is 16.7 Å². The third-order valence-corrected chi connectivity index (χ3v) is 4.23. The second kappa shape index (κ2) is 6.13. The summed E-state index contributed by atoms with van der Waals surface area (Å²) < 4.78 is 6.00. The highest BCUT2D eigenvalue weighted by atomic mass is 16.5. The van der Waals surface area contributed by atoms with Gasteiger partial charge in [0.05, 0.1) is 0 Å². The summed E-state index contributed by atoms with van der Waals surface area (Å²) in [4.78, 5) is 0. The molecule has 0 aliphatic carbocycles. The van der Waals surface area contributed by atoms with Gasteiger partial charge < -0.3 is 4.74 Å². The molecule has 0 spiro atoms. The summed E-state index contributed by atoms with van der Waals surface area (Å²) in [6.45, 7) is 0.649. The molecule has 0 N–H and O–H groups in total. The van der Waals surface area contributed by atoms with Crippen LogP contribution in [0.15, 0.2) is 90.5 Å². The standard InChI is InChI=1S/C22H18O/c1-3-9-17(10-4-1)15-19-16-23-21-14-8-7-13-20(21)22(19)18-11-5-2-6-12-18/h1-14H,15-16H2. The predicted octanol–water partition coefficient (Wildman–Crippen LogP) is 5.12. The Kier molecular flexibility index (Phi) is 3.69. The molecule has 3 aromatic rings. The maximum absolute atomic E-state index is 6.00. The predicted molar refractivity (Wildman–Crippen MR) is 94.5 cm³/mol. The molecule has 1 nitrogen and oxygen atoms in total. The van der Waals surface area contributed by atoms with Gasteiger partial charge in [0.1, 0.15) is 12.4 Å². The molecule has 23 heavy (non-hydrogen) atoms. The Hall–Kier alpha value is -2.80. The van der Waals surface area contributed by atoms with Crippen molar-refractivity contribution < 1.29 is 4.74 Å². The SMILES string of the molecule is c1ccc(CC2=C(c3ccccc3)c3ccccc3OC2)cc1. The van der Waals surface area contributed by atoms with E-state index < -0.39 is 0 Å². The Morgan fingerprint density at radius 1 is 0.696 bits per heavy atom. The summed E-state index contributed by atoms with van der Waals surface area (Å²) in [5.74, 6) is 0.975. The topological polar surface area (TPSA) is 9.23 Å². The lowest BCUT2D eigenvalue weighted by atomic mass is 9.88. The van der Waals surface area contributed by atoms with Crippen LogP contribution in [0.25, 0.3) is 5.57 Å². The first-order chi connectivity index (χ1) is 11.4. The van der Waals surface area contributed by atoms with Gasteiger partial charge in [0, 0.05) is 5.56 Å². The average molecular weight is 298 g/mol. The normalized spacial score (nSPS) is 13.4. The molecule has 1 heteroatoms. The summed E-state index contributed by atoms with van der Waals surface area (Å²) >= 11 is 0. The van der Waals surface area contributed by atoms with E-state index in [2.05, 4.69) is 78.9 Å². The van der Waals surface area contributed by atoms with Crippen molar-refractivity contribution in [3.63, 3.8) is 0 Å². The van der Waals surface area contributed by atoms with E-state index in [1.807, 2.05) is 6.07 Å². The molecule has 1 aliphatic rings. The van der Waals surface area contributed by atoms with Gasteiger partial charge >= 0.3 is 0 Å². The first-order valence-corrected chi connectivity index (χ1v) is 7.95. The van der Waals surface area contributed by atoms with Gasteiger partial charge in [-0.15, -0.1) is 0 Å². The Morgan fingerprint density at radius 3 is 2.13 bits per heavy atom. The highest BCUT2D eigenvalue weighted by Gasteiger charge is 2.21. The molecule has 0 aromatic heterocycles. The van der Waals surface area contributed by atoms with Gasteiger partial charge in [0.25, 0.3) is 0 Å². The van der Waals surface area contributed by atoms with E-state index in [4.69, 9.17) is 4.74 Å². The molecule has 4 rings (SSSR count). The number of ether oxygens (including phenoxy) is 1. The second-order valence-corrected chi connectivity index (χ2v) is 5.79. The number of benzene rings is 3. The smallest absolute Gasteiger partial charge is 0.127 e. The summed E-state index contributed by atoms with van der Waals surface area (Å²) in [6, 6.07) is 29.5. The van der Waals surface area contributed by atoms with E-state index in [0.717, 1.165) is 12.2 Å². The van der Waals surface area contributed by atoms with Crippen molar-refractivity contribution in [1.29, 1.82) is 0 Å². The molecule has 0 unspecified atom stereocenters. The number of rotatable bonds is 3. The summed E-state index contributed by atoms with van der Waals surface area (Å²) in [5, 5.41) is 0. The Bertz CT molecular complexity index is 832. The van der Waals surface area contributed by atoms with Crippen LogP contribution in [0.4, 0.5) is 0 Å². The Balaban J connectivity index is 1.86. The maximum atomic E-state index is 6.00. The van der Waals surface area contributed by atoms with Gasteiger partial charge in [0.2, 0.25) is 0 Å². The Morgan fingerprint density at radius 2 is 1.35 bits per heavy atom. The lowest BCUT2D eigenvalue weighted by Crippen LogP contribution is -2.14. The zero-order valence-electron chi connectivity index (χ0n) is 12.9. The van der Waals surface area contributed by atoms with Crippen LogP contribution in [-0.4, -0.2) is 6.61 Å². The van der Waals surface area contributed by atoms with Crippen LogP contribution in [0.5, 0.6) is 5.75 Å². The second-order valence-electron chi connectivity index (χ2n) is 5.79. The minimum atomic E-state index is 0.649. The monoisotopic (exact) mass is 298 g/mol. The highest BCUT2D eigenvalue weighted by Crippen LogP contribution is 2.38. The quantitative estimate of drug-likeness (QED) is 0.652. The number of hydrogen-bond acceptors (Lipinski definition) is 1. The van der Waals surface area contributed by atoms with Crippen LogP contribution < -0.4 is 4.74 Å². The van der Waals surface area contributed by atoms with E-state index in [-0.39, 0.29) is 0 Å². The van der Waals surface area contributed by atoms with E-state index >= 15 is 0 Å². The molecule has 1 heterocycles. The van der Waals surface area contributed by atoms with Gasteiger partial charge in [-0.1, -0.05) is 78.9 Å². The zero-order chi connectivity index (χ0) is 15.5. The largest absolute Gasteiger partial charge is 0.489 e. The minimum absolute atomic E-state index is 0.649. The third kappa shape index (κ3) is 2.78. The van der Waals surface area contributed by atoms with Gasteiger partial charge in [0.15, 0.2) is 0 Å². The van der Waals surface area contributed by atoms with E-state index in [1.165, 1.54) is 27.8 Å². The van der Waals surface area contributed by atoms with Gasteiger partial charge in [-0.2, -0.15) is 0 Å². The summed E-state index contributed by atoms with van der Waals surface area (Å²) in [5.41, 5.74) is 6.42. The van der Waals surface area contributed by atoms with Crippen molar-refractivity contribution in [2.45, 2.75) is 6.42 Å². The fraction of sp³-hybridized carbons (Fsp3) is 0.0909. The lowest BCUT2D eigenvalue weighted by molar-refractivity contribution is 0.343. The fourth-order valence-electron chi connectivity index (χ4n) is 3.17. The molecule has 0 radical (unpaired) electrons. The molecule has 0 bridgehead atoms. The highest BCUT2D eigenvalue weighted by molar-refractivity contribution is 5.86. The molecule has 0 atom stereocenters. The third-order valence-electron chi connectivity index (χ3n) is 4.23.